The number of methoxy groups -OCH3 is 1. The lowest BCUT2D eigenvalue weighted by atomic mass is 10.1. The Kier molecular flexibility index (Phi) is 7.82. The molecule has 0 bridgehead atoms. The smallest absolute Gasteiger partial charge is 0.124 e. The number of halogens is 1. The zero-order chi connectivity index (χ0) is 17.5. The summed E-state index contributed by atoms with van der Waals surface area (Å²) in [4.78, 5) is 4.87. The molecule has 1 aliphatic heterocycles. The van der Waals surface area contributed by atoms with Gasteiger partial charge in [0.2, 0.25) is 0 Å². The first-order valence-corrected chi connectivity index (χ1v) is 9.20. The van der Waals surface area contributed by atoms with E-state index in [0.29, 0.717) is 0 Å². The van der Waals surface area contributed by atoms with Gasteiger partial charge in [0, 0.05) is 43.9 Å². The lowest BCUT2D eigenvalue weighted by molar-refractivity contribution is 0.156. The summed E-state index contributed by atoms with van der Waals surface area (Å²) in [5.41, 5.74) is 1.16. The number of hydrogen-bond acceptors (Lipinski definition) is 4. The van der Waals surface area contributed by atoms with Crippen LogP contribution < -0.4 is 4.74 Å². The molecule has 4 nitrogen and oxygen atoms in total. The van der Waals surface area contributed by atoms with Gasteiger partial charge in [-0.05, 0) is 58.0 Å². The molecule has 1 unspecified atom stereocenters. The highest BCUT2D eigenvalue weighted by Crippen LogP contribution is 2.26. The Morgan fingerprint density at radius 2 is 2.17 bits per heavy atom. The molecule has 0 spiro atoms. The van der Waals surface area contributed by atoms with E-state index in [-0.39, 0.29) is 6.10 Å². The fraction of sp³-hybridized carbons (Fsp3) is 0.684. The van der Waals surface area contributed by atoms with Crippen molar-refractivity contribution in [1.82, 2.24) is 9.80 Å². The van der Waals surface area contributed by atoms with E-state index in [2.05, 4.69) is 30.7 Å². The van der Waals surface area contributed by atoms with Crippen molar-refractivity contribution in [2.45, 2.75) is 32.9 Å². The lowest BCUT2D eigenvalue weighted by Gasteiger charge is -2.23. The van der Waals surface area contributed by atoms with Gasteiger partial charge in [-0.2, -0.15) is 0 Å². The van der Waals surface area contributed by atoms with Crippen LogP contribution in [0.25, 0.3) is 0 Å². The standard InChI is InChI=1S/C19H31ClN2O2/c1-15(2)24-19-6-5-18(20)11-17(19)14-21(3)12-16-7-8-22(13-16)9-10-23-4/h5-6,11,15-16H,7-10,12-14H2,1-4H3. The topological polar surface area (TPSA) is 24.9 Å². The Labute approximate surface area is 151 Å². The van der Waals surface area contributed by atoms with Crippen LogP contribution in [0, 0.1) is 5.92 Å². The number of ether oxygens (including phenoxy) is 2. The molecule has 136 valence electrons. The fourth-order valence-corrected chi connectivity index (χ4v) is 3.52. The summed E-state index contributed by atoms with van der Waals surface area (Å²) >= 11 is 6.18. The quantitative estimate of drug-likeness (QED) is 0.677. The number of likely N-dealkylation sites (tertiary alicyclic amines) is 1. The highest BCUT2D eigenvalue weighted by molar-refractivity contribution is 6.30. The maximum Gasteiger partial charge on any atom is 0.124 e. The maximum absolute atomic E-state index is 6.18. The van der Waals surface area contributed by atoms with Crippen molar-refractivity contribution >= 4 is 11.6 Å². The van der Waals surface area contributed by atoms with Gasteiger partial charge in [0.05, 0.1) is 12.7 Å². The minimum absolute atomic E-state index is 0.166. The lowest BCUT2D eigenvalue weighted by Crippen LogP contribution is -2.29. The molecule has 1 heterocycles. The number of nitrogens with zero attached hydrogens (tertiary/aromatic N) is 2. The summed E-state index contributed by atoms with van der Waals surface area (Å²) < 4.78 is 11.1. The largest absolute Gasteiger partial charge is 0.491 e. The Hall–Kier alpha value is -0.810. The molecule has 1 fully saturated rings. The van der Waals surface area contributed by atoms with Crippen LogP contribution >= 0.6 is 11.6 Å². The number of rotatable bonds is 9. The van der Waals surface area contributed by atoms with Crippen molar-refractivity contribution in [3.05, 3.63) is 28.8 Å². The molecule has 1 aliphatic rings. The summed E-state index contributed by atoms with van der Waals surface area (Å²) in [7, 11) is 3.95. The average molecular weight is 355 g/mol. The summed E-state index contributed by atoms with van der Waals surface area (Å²) in [6.07, 6.45) is 1.43. The van der Waals surface area contributed by atoms with Crippen LogP contribution in [0.4, 0.5) is 0 Å². The Bertz CT molecular complexity index is 510. The molecule has 1 aromatic carbocycles. The van der Waals surface area contributed by atoms with Gasteiger partial charge < -0.3 is 19.3 Å². The Morgan fingerprint density at radius 3 is 2.88 bits per heavy atom. The molecule has 0 amide bonds. The van der Waals surface area contributed by atoms with E-state index in [0.717, 1.165) is 48.5 Å². The van der Waals surface area contributed by atoms with E-state index in [1.54, 1.807) is 7.11 Å². The van der Waals surface area contributed by atoms with Crippen molar-refractivity contribution in [2.75, 3.05) is 46.9 Å². The summed E-state index contributed by atoms with van der Waals surface area (Å²) in [6, 6.07) is 5.90. The molecule has 0 radical (unpaired) electrons. The molecule has 2 rings (SSSR count). The molecule has 1 aromatic rings. The summed E-state index contributed by atoms with van der Waals surface area (Å²) in [6.45, 7) is 10.3. The third-order valence-corrected chi connectivity index (χ3v) is 4.61. The molecule has 0 N–H and O–H groups in total. The van der Waals surface area contributed by atoms with Gasteiger partial charge in [-0.1, -0.05) is 11.6 Å². The van der Waals surface area contributed by atoms with Gasteiger partial charge in [0.1, 0.15) is 5.75 Å². The molecule has 5 heteroatoms. The van der Waals surface area contributed by atoms with E-state index in [9.17, 15) is 0 Å². The first kappa shape index (κ1) is 19.5. The average Bonchev–Trinajstić information content (AvgIpc) is 2.95. The SMILES string of the molecule is COCCN1CCC(CN(C)Cc2cc(Cl)ccc2OC(C)C)C1. The van der Waals surface area contributed by atoms with Gasteiger partial charge in [-0.3, -0.25) is 0 Å². The van der Waals surface area contributed by atoms with Crippen LogP contribution in [0.2, 0.25) is 5.02 Å². The van der Waals surface area contributed by atoms with Gasteiger partial charge in [0.25, 0.3) is 0 Å². The molecule has 1 saturated heterocycles. The van der Waals surface area contributed by atoms with Crippen LogP contribution in [-0.4, -0.2) is 62.8 Å². The molecule has 0 aliphatic carbocycles. The van der Waals surface area contributed by atoms with Crippen LogP contribution in [0.1, 0.15) is 25.8 Å². The van der Waals surface area contributed by atoms with E-state index in [1.165, 1.54) is 19.5 Å². The second kappa shape index (κ2) is 9.62. The Balaban J connectivity index is 1.88. The number of hydrogen-bond donors (Lipinski definition) is 0. The van der Waals surface area contributed by atoms with E-state index in [1.807, 2.05) is 18.2 Å². The second-order valence-corrected chi connectivity index (χ2v) is 7.50. The molecule has 1 atom stereocenters. The summed E-state index contributed by atoms with van der Waals surface area (Å²) in [5.74, 6) is 1.66. The van der Waals surface area contributed by atoms with Crippen LogP contribution in [-0.2, 0) is 11.3 Å². The molecular weight excluding hydrogens is 324 g/mol. The summed E-state index contributed by atoms with van der Waals surface area (Å²) in [5, 5.41) is 0.765. The first-order chi connectivity index (χ1) is 11.5. The van der Waals surface area contributed by atoms with E-state index >= 15 is 0 Å². The normalized spacial score (nSPS) is 18.7. The highest BCUT2D eigenvalue weighted by atomic mass is 35.5. The van der Waals surface area contributed by atoms with Crippen molar-refractivity contribution in [2.24, 2.45) is 5.92 Å². The predicted octanol–water partition coefficient (Wildman–Crippen LogP) is 3.53. The third-order valence-electron chi connectivity index (χ3n) is 4.38. The zero-order valence-electron chi connectivity index (χ0n) is 15.4. The zero-order valence-corrected chi connectivity index (χ0v) is 16.2. The van der Waals surface area contributed by atoms with Gasteiger partial charge >= 0.3 is 0 Å². The van der Waals surface area contributed by atoms with E-state index < -0.39 is 0 Å². The maximum atomic E-state index is 6.18. The number of benzene rings is 1. The molecule has 0 saturated carbocycles. The highest BCUT2D eigenvalue weighted by Gasteiger charge is 2.23. The van der Waals surface area contributed by atoms with Crippen LogP contribution in [0.5, 0.6) is 5.75 Å². The van der Waals surface area contributed by atoms with Gasteiger partial charge in [-0.25, -0.2) is 0 Å². The third kappa shape index (κ3) is 6.25. The Morgan fingerprint density at radius 1 is 1.38 bits per heavy atom. The molecular formula is C19H31ClN2O2. The molecule has 24 heavy (non-hydrogen) atoms. The van der Waals surface area contributed by atoms with Crippen molar-refractivity contribution in [3.63, 3.8) is 0 Å². The van der Waals surface area contributed by atoms with Crippen molar-refractivity contribution in [3.8, 4) is 5.75 Å². The first-order valence-electron chi connectivity index (χ1n) is 8.83. The van der Waals surface area contributed by atoms with Crippen LogP contribution in [0.3, 0.4) is 0 Å². The second-order valence-electron chi connectivity index (χ2n) is 7.06. The van der Waals surface area contributed by atoms with Gasteiger partial charge in [-0.15, -0.1) is 0 Å². The minimum atomic E-state index is 0.166. The predicted molar refractivity (Wildman–Crippen MR) is 100.0 cm³/mol. The monoisotopic (exact) mass is 354 g/mol. The van der Waals surface area contributed by atoms with Gasteiger partial charge in [0.15, 0.2) is 0 Å². The molecule has 0 aromatic heterocycles. The van der Waals surface area contributed by atoms with Crippen molar-refractivity contribution < 1.29 is 9.47 Å². The van der Waals surface area contributed by atoms with Crippen LogP contribution in [0.15, 0.2) is 18.2 Å². The fourth-order valence-electron chi connectivity index (χ4n) is 3.32. The van der Waals surface area contributed by atoms with Crippen molar-refractivity contribution in [1.29, 1.82) is 0 Å². The minimum Gasteiger partial charge on any atom is -0.491 e. The van der Waals surface area contributed by atoms with E-state index in [4.69, 9.17) is 21.1 Å².